The van der Waals surface area contributed by atoms with Crippen molar-refractivity contribution >= 4 is 11.9 Å². The van der Waals surface area contributed by atoms with Crippen LogP contribution in [0.1, 0.15) is 16.8 Å². The molecule has 3 aromatic rings. The van der Waals surface area contributed by atoms with E-state index in [0.717, 1.165) is 24.2 Å². The Kier molecular flexibility index (Phi) is 3.04. The molecular formula is C17H15N3O2. The minimum absolute atomic E-state index is 0.0695. The molecule has 0 unspecified atom stereocenters. The summed E-state index contributed by atoms with van der Waals surface area (Å²) in [6.07, 6.45) is 5.92. The molecule has 1 amide bonds. The largest absolute Gasteiger partial charge is 0.472 e. The normalized spacial score (nSPS) is 13.9. The van der Waals surface area contributed by atoms with Crippen LogP contribution in [0, 0.1) is 0 Å². The highest BCUT2D eigenvalue weighted by molar-refractivity contribution is 6.05. The smallest absolute Gasteiger partial charge is 0.263 e. The van der Waals surface area contributed by atoms with Crippen LogP contribution in [0.15, 0.2) is 59.5 Å². The van der Waals surface area contributed by atoms with Crippen molar-refractivity contribution < 1.29 is 9.21 Å². The Balaban J connectivity index is 1.72. The summed E-state index contributed by atoms with van der Waals surface area (Å²) >= 11 is 0. The summed E-state index contributed by atoms with van der Waals surface area (Å²) in [6.45, 7) is 1.56. The number of furan rings is 1. The monoisotopic (exact) mass is 293 g/mol. The topological polar surface area (TPSA) is 51.3 Å². The van der Waals surface area contributed by atoms with Gasteiger partial charge in [0.15, 0.2) is 0 Å². The van der Waals surface area contributed by atoms with Crippen LogP contribution in [0.3, 0.4) is 0 Å². The van der Waals surface area contributed by atoms with Gasteiger partial charge in [-0.2, -0.15) is 0 Å². The van der Waals surface area contributed by atoms with Crippen molar-refractivity contribution in [2.24, 2.45) is 0 Å². The van der Waals surface area contributed by atoms with E-state index < -0.39 is 0 Å². The number of carbonyl (C=O) groups is 1. The second-order valence-electron chi connectivity index (χ2n) is 5.31. The third-order valence-corrected chi connectivity index (χ3v) is 3.86. The van der Waals surface area contributed by atoms with Gasteiger partial charge in [0.05, 0.1) is 17.5 Å². The maximum atomic E-state index is 12.6. The fourth-order valence-corrected chi connectivity index (χ4v) is 2.77. The van der Waals surface area contributed by atoms with Crippen molar-refractivity contribution in [1.29, 1.82) is 0 Å². The Hall–Kier alpha value is -2.82. The summed E-state index contributed by atoms with van der Waals surface area (Å²) in [4.78, 5) is 19.0. The van der Waals surface area contributed by atoms with E-state index in [1.165, 1.54) is 12.5 Å². The highest BCUT2D eigenvalue weighted by atomic mass is 16.3. The molecule has 0 N–H and O–H groups in total. The molecule has 4 rings (SSSR count). The number of nitrogens with zero attached hydrogens (tertiary/aromatic N) is 3. The maximum absolute atomic E-state index is 12.6. The second-order valence-corrected chi connectivity index (χ2v) is 5.31. The van der Waals surface area contributed by atoms with Crippen molar-refractivity contribution in [3.8, 4) is 11.3 Å². The molecule has 0 saturated carbocycles. The van der Waals surface area contributed by atoms with Crippen LogP contribution in [0.25, 0.3) is 11.3 Å². The Morgan fingerprint density at radius 3 is 2.77 bits per heavy atom. The number of anilines is 1. The average molecular weight is 293 g/mol. The SMILES string of the molecule is O=C(c1ccoc1)N1CCCn2cc(-c3ccccc3)nc21. The first kappa shape index (κ1) is 12.9. The van der Waals surface area contributed by atoms with Crippen molar-refractivity contribution in [1.82, 2.24) is 9.55 Å². The summed E-state index contributed by atoms with van der Waals surface area (Å²) in [7, 11) is 0. The Bertz CT molecular complexity index is 791. The molecule has 110 valence electrons. The first-order chi connectivity index (χ1) is 10.8. The second kappa shape index (κ2) is 5.18. The Morgan fingerprint density at radius 2 is 2.00 bits per heavy atom. The van der Waals surface area contributed by atoms with Gasteiger partial charge in [-0.1, -0.05) is 30.3 Å². The molecule has 0 saturated heterocycles. The zero-order chi connectivity index (χ0) is 14.9. The van der Waals surface area contributed by atoms with Crippen LogP contribution in [-0.4, -0.2) is 22.0 Å². The van der Waals surface area contributed by atoms with Gasteiger partial charge in [-0.3, -0.25) is 9.69 Å². The van der Waals surface area contributed by atoms with Gasteiger partial charge in [0, 0.05) is 24.8 Å². The molecule has 5 heteroatoms. The number of fused-ring (bicyclic) bond motifs is 1. The third-order valence-electron chi connectivity index (χ3n) is 3.86. The number of carbonyl (C=O) groups excluding carboxylic acids is 1. The quantitative estimate of drug-likeness (QED) is 0.729. The lowest BCUT2D eigenvalue weighted by atomic mass is 10.2. The molecule has 0 aliphatic carbocycles. The Labute approximate surface area is 127 Å². The fraction of sp³-hybridized carbons (Fsp3) is 0.176. The number of amides is 1. The molecule has 0 radical (unpaired) electrons. The molecule has 0 atom stereocenters. The lowest BCUT2D eigenvalue weighted by Gasteiger charge is -2.26. The predicted molar refractivity (Wildman–Crippen MR) is 82.7 cm³/mol. The van der Waals surface area contributed by atoms with E-state index in [1.54, 1.807) is 11.0 Å². The summed E-state index contributed by atoms with van der Waals surface area (Å²) in [5.74, 6) is 0.635. The molecule has 1 aliphatic rings. The highest BCUT2D eigenvalue weighted by Gasteiger charge is 2.26. The molecule has 0 bridgehead atoms. The Morgan fingerprint density at radius 1 is 1.14 bits per heavy atom. The van der Waals surface area contributed by atoms with Crippen molar-refractivity contribution in [2.75, 3.05) is 11.4 Å². The number of aromatic nitrogens is 2. The number of aryl methyl sites for hydroxylation is 1. The molecule has 22 heavy (non-hydrogen) atoms. The van der Waals surface area contributed by atoms with Gasteiger partial charge >= 0.3 is 0 Å². The zero-order valence-corrected chi connectivity index (χ0v) is 12.0. The molecule has 2 aromatic heterocycles. The van der Waals surface area contributed by atoms with Crippen LogP contribution in [0.5, 0.6) is 0 Å². The summed E-state index contributed by atoms with van der Waals surface area (Å²) in [6, 6.07) is 11.7. The highest BCUT2D eigenvalue weighted by Crippen LogP contribution is 2.27. The number of rotatable bonds is 2. The van der Waals surface area contributed by atoms with E-state index in [9.17, 15) is 4.79 Å². The van der Waals surface area contributed by atoms with Crippen LogP contribution in [-0.2, 0) is 6.54 Å². The number of benzene rings is 1. The van der Waals surface area contributed by atoms with Gasteiger partial charge in [0.2, 0.25) is 5.95 Å². The van der Waals surface area contributed by atoms with E-state index >= 15 is 0 Å². The molecular weight excluding hydrogens is 278 g/mol. The summed E-state index contributed by atoms with van der Waals surface area (Å²) in [5, 5.41) is 0. The van der Waals surface area contributed by atoms with Crippen LogP contribution >= 0.6 is 0 Å². The predicted octanol–water partition coefficient (Wildman–Crippen LogP) is 3.19. The first-order valence-electron chi connectivity index (χ1n) is 7.29. The zero-order valence-electron chi connectivity index (χ0n) is 12.0. The molecule has 1 aliphatic heterocycles. The standard InChI is InChI=1S/C17H15N3O2/c21-16(14-7-10-22-12-14)20-9-4-8-19-11-15(18-17(19)20)13-5-2-1-3-6-13/h1-3,5-7,10-12H,4,8-9H2. The summed E-state index contributed by atoms with van der Waals surface area (Å²) < 4.78 is 7.06. The van der Waals surface area contributed by atoms with Gasteiger partial charge in [0.1, 0.15) is 6.26 Å². The van der Waals surface area contributed by atoms with Gasteiger partial charge in [0.25, 0.3) is 5.91 Å². The lowest BCUT2D eigenvalue weighted by Crippen LogP contribution is -2.37. The van der Waals surface area contributed by atoms with Crippen molar-refractivity contribution in [3.63, 3.8) is 0 Å². The first-order valence-corrected chi connectivity index (χ1v) is 7.29. The minimum Gasteiger partial charge on any atom is -0.472 e. The minimum atomic E-state index is -0.0695. The average Bonchev–Trinajstić information content (AvgIpc) is 3.24. The van der Waals surface area contributed by atoms with Gasteiger partial charge in [-0.25, -0.2) is 4.98 Å². The van der Waals surface area contributed by atoms with E-state index in [4.69, 9.17) is 4.42 Å². The summed E-state index contributed by atoms with van der Waals surface area (Å²) in [5.41, 5.74) is 2.50. The molecule has 1 aromatic carbocycles. The van der Waals surface area contributed by atoms with Crippen LogP contribution < -0.4 is 4.90 Å². The van der Waals surface area contributed by atoms with Gasteiger partial charge in [-0.15, -0.1) is 0 Å². The molecule has 3 heterocycles. The van der Waals surface area contributed by atoms with Gasteiger partial charge in [-0.05, 0) is 12.5 Å². The van der Waals surface area contributed by atoms with E-state index in [0.29, 0.717) is 18.1 Å². The van der Waals surface area contributed by atoms with Gasteiger partial charge < -0.3 is 8.98 Å². The maximum Gasteiger partial charge on any atom is 0.263 e. The lowest BCUT2D eigenvalue weighted by molar-refractivity contribution is 0.0980. The van der Waals surface area contributed by atoms with E-state index in [-0.39, 0.29) is 5.91 Å². The van der Waals surface area contributed by atoms with Crippen LogP contribution in [0.4, 0.5) is 5.95 Å². The van der Waals surface area contributed by atoms with E-state index in [2.05, 4.69) is 4.98 Å². The molecule has 0 spiro atoms. The number of hydrogen-bond acceptors (Lipinski definition) is 3. The van der Waals surface area contributed by atoms with Crippen molar-refractivity contribution in [2.45, 2.75) is 13.0 Å². The molecule has 5 nitrogen and oxygen atoms in total. The number of hydrogen-bond donors (Lipinski definition) is 0. The molecule has 0 fully saturated rings. The fourth-order valence-electron chi connectivity index (χ4n) is 2.77. The van der Waals surface area contributed by atoms with Crippen molar-refractivity contribution in [3.05, 3.63) is 60.7 Å². The van der Waals surface area contributed by atoms with E-state index in [1.807, 2.05) is 41.1 Å². The third kappa shape index (κ3) is 2.11. The van der Waals surface area contributed by atoms with Crippen LogP contribution in [0.2, 0.25) is 0 Å². The number of imidazole rings is 1.